The zero-order valence-corrected chi connectivity index (χ0v) is 28.7. The fourth-order valence-electron chi connectivity index (χ4n) is 6.95. The molecule has 3 atom stereocenters. The second-order valence-electron chi connectivity index (χ2n) is 11.8. The number of nitrogens with zero attached hydrogens (tertiary/aromatic N) is 4. The summed E-state index contributed by atoms with van der Waals surface area (Å²) in [5, 5.41) is 40.4. The molecule has 4 N–H and O–H groups in total. The summed E-state index contributed by atoms with van der Waals surface area (Å²) in [5.74, 6) is -2.17. The van der Waals surface area contributed by atoms with Gasteiger partial charge in [-0.1, -0.05) is 55.8 Å². The molecule has 9 nitrogen and oxygen atoms in total. The van der Waals surface area contributed by atoms with Gasteiger partial charge in [-0.25, -0.2) is 4.98 Å². The molecule has 2 aliphatic heterocycles. The number of rotatable bonds is 6. The number of ketones is 1. The van der Waals surface area contributed by atoms with Crippen molar-refractivity contribution in [3.8, 4) is 0 Å². The standard InChI is InChI=1S/C34H37N4O5.Zn/c1-7-18-14(3)21-11-23-16(5)20(9-10-27(39)40)31(37-23)29-30(34(42)43)33(41)28-17(6)24(38-32(28)29)13-26-19(8-2)15(4)22(36-26)12-25(18)35-21;/h7,11-13,16,20,27,30,34,39-40,42-43H,1,8-10H2,2-6H3,(H-,35,36,37,38,41);/q-1;+2/p-1. The molecule has 0 amide bonds. The molecule has 0 saturated carbocycles. The van der Waals surface area contributed by atoms with E-state index in [9.17, 15) is 25.2 Å². The van der Waals surface area contributed by atoms with Crippen LogP contribution in [-0.4, -0.2) is 48.8 Å². The Morgan fingerprint density at radius 2 is 1.66 bits per heavy atom. The summed E-state index contributed by atoms with van der Waals surface area (Å²) in [7, 11) is 0. The molecule has 0 spiro atoms. The summed E-state index contributed by atoms with van der Waals surface area (Å²) in [6.07, 6.45) is -0.478. The summed E-state index contributed by atoms with van der Waals surface area (Å²) < 4.78 is 0. The molecule has 0 fully saturated rings. The number of aromatic nitrogens is 4. The Morgan fingerprint density at radius 1 is 0.977 bits per heavy atom. The number of Topliss-reactive ketones (excluding diaryl/α,β-unsaturated/α-hetero) is 1. The van der Waals surface area contributed by atoms with E-state index in [2.05, 4.69) is 13.5 Å². The van der Waals surface area contributed by atoms with E-state index in [1.54, 1.807) is 6.08 Å². The molecule has 3 aliphatic rings. The van der Waals surface area contributed by atoms with Gasteiger partial charge in [-0.15, -0.1) is 22.1 Å². The number of fused-ring (bicyclic) bond motifs is 8. The van der Waals surface area contributed by atoms with Crippen LogP contribution in [0.1, 0.15) is 113 Å². The third kappa shape index (κ3) is 4.93. The third-order valence-corrected chi connectivity index (χ3v) is 9.39. The van der Waals surface area contributed by atoms with Crippen molar-refractivity contribution >= 4 is 45.1 Å². The predicted molar refractivity (Wildman–Crippen MR) is 165 cm³/mol. The molecule has 3 unspecified atom stereocenters. The molecule has 3 aromatic rings. The molecule has 224 valence electrons. The zero-order valence-electron chi connectivity index (χ0n) is 25.7. The Morgan fingerprint density at radius 3 is 2.30 bits per heavy atom. The van der Waals surface area contributed by atoms with E-state index in [1.807, 2.05) is 45.9 Å². The van der Waals surface area contributed by atoms with Crippen LogP contribution >= 0.6 is 0 Å². The van der Waals surface area contributed by atoms with E-state index >= 15 is 0 Å². The number of hydrogen-bond donors (Lipinski definition) is 4. The van der Waals surface area contributed by atoms with E-state index in [0.717, 1.165) is 51.1 Å². The molecule has 0 aromatic carbocycles. The number of aliphatic hydroxyl groups excluding tert-OH is 2. The molecule has 10 heteroatoms. The van der Waals surface area contributed by atoms with Crippen molar-refractivity contribution in [2.75, 3.05) is 0 Å². The van der Waals surface area contributed by atoms with Gasteiger partial charge in [0.2, 0.25) is 0 Å². The normalized spacial score (nSPS) is 19.3. The Labute approximate surface area is 268 Å². The summed E-state index contributed by atoms with van der Waals surface area (Å²) in [6, 6.07) is 5.80. The molecule has 0 saturated heterocycles. The van der Waals surface area contributed by atoms with Crippen molar-refractivity contribution in [1.82, 2.24) is 19.9 Å². The van der Waals surface area contributed by atoms with Gasteiger partial charge in [0.05, 0.1) is 17.3 Å². The van der Waals surface area contributed by atoms with Gasteiger partial charge >= 0.3 is 19.5 Å². The molecule has 5 heterocycles. The van der Waals surface area contributed by atoms with Crippen LogP contribution < -0.4 is 9.97 Å². The smallest absolute Gasteiger partial charge is 0.657 e. The van der Waals surface area contributed by atoms with Crippen molar-refractivity contribution in [2.45, 2.75) is 84.2 Å². The SMILES string of the molecule is C=Cc1c(C)c2cc3nc(c4c5[n-]c(cc6nc(cc1[n-]2)C(C)=C6CC)c(C)c5C(=O)C4C(O)O)C(CCC(O)O)C3C.[Zn+2]. The maximum absolute atomic E-state index is 13.8. The second kappa shape index (κ2) is 11.9. The summed E-state index contributed by atoms with van der Waals surface area (Å²) in [6.45, 7) is 14.0. The van der Waals surface area contributed by atoms with Crippen LogP contribution in [-0.2, 0) is 19.5 Å². The van der Waals surface area contributed by atoms with Gasteiger partial charge in [-0.2, -0.15) is 0 Å². The minimum absolute atomic E-state index is 0. The Bertz CT molecular complexity index is 1880. The van der Waals surface area contributed by atoms with Crippen LogP contribution in [0.25, 0.3) is 39.3 Å². The van der Waals surface area contributed by atoms with Gasteiger partial charge in [0, 0.05) is 28.8 Å². The monoisotopic (exact) mass is 644 g/mol. The van der Waals surface area contributed by atoms with Gasteiger partial charge in [0.15, 0.2) is 18.4 Å². The second-order valence-corrected chi connectivity index (χ2v) is 11.8. The zero-order chi connectivity index (χ0) is 30.9. The summed E-state index contributed by atoms with van der Waals surface area (Å²) in [5.41, 5.74) is 10.6. The number of allylic oxidation sites excluding steroid dienone is 2. The van der Waals surface area contributed by atoms with Gasteiger partial charge in [-0.05, 0) is 62.3 Å². The van der Waals surface area contributed by atoms with Crippen LogP contribution in [0.15, 0.2) is 24.8 Å². The van der Waals surface area contributed by atoms with E-state index in [0.29, 0.717) is 45.5 Å². The van der Waals surface area contributed by atoms with Crippen molar-refractivity contribution in [3.63, 3.8) is 0 Å². The number of aryl methyl sites for hydroxylation is 2. The number of hydrogen-bond acceptors (Lipinski definition) is 7. The first-order chi connectivity index (χ1) is 20.5. The predicted octanol–water partition coefficient (Wildman–Crippen LogP) is 4.74. The average molecular weight is 646 g/mol. The van der Waals surface area contributed by atoms with Crippen LogP contribution in [0, 0.1) is 13.8 Å². The maximum atomic E-state index is 13.8. The maximum Gasteiger partial charge on any atom is 2.00 e. The molecule has 3 aromatic heterocycles. The Kier molecular flexibility index (Phi) is 8.70. The van der Waals surface area contributed by atoms with E-state index in [-0.39, 0.29) is 37.7 Å². The van der Waals surface area contributed by atoms with E-state index in [4.69, 9.17) is 19.9 Å². The minimum Gasteiger partial charge on any atom is -0.657 e. The van der Waals surface area contributed by atoms with Crippen molar-refractivity contribution in [1.29, 1.82) is 0 Å². The van der Waals surface area contributed by atoms with Crippen molar-refractivity contribution in [2.24, 2.45) is 0 Å². The van der Waals surface area contributed by atoms with E-state index < -0.39 is 24.3 Å². The average Bonchev–Trinajstić information content (AvgIpc) is 3.68. The fraction of sp³-hybridized carbons (Fsp3) is 0.382. The molecule has 8 bridgehead atoms. The van der Waals surface area contributed by atoms with E-state index in [1.165, 1.54) is 0 Å². The third-order valence-electron chi connectivity index (χ3n) is 9.39. The van der Waals surface area contributed by atoms with Crippen molar-refractivity contribution < 1.29 is 44.7 Å². The molecule has 1 aliphatic carbocycles. The first-order valence-corrected chi connectivity index (χ1v) is 14.7. The van der Waals surface area contributed by atoms with Crippen LogP contribution in [0.4, 0.5) is 0 Å². The van der Waals surface area contributed by atoms with Crippen molar-refractivity contribution in [3.05, 3.63) is 75.4 Å². The Balaban J connectivity index is 0.00000384. The molecular formula is C34H36N4O5Zn. The largest absolute Gasteiger partial charge is 2.00 e. The summed E-state index contributed by atoms with van der Waals surface area (Å²) in [4.78, 5) is 33.7. The van der Waals surface area contributed by atoms with Crippen LogP contribution in [0.2, 0.25) is 0 Å². The topological polar surface area (TPSA) is 152 Å². The molecule has 44 heavy (non-hydrogen) atoms. The molecule has 6 rings (SSSR count). The van der Waals surface area contributed by atoms with Gasteiger partial charge in [-0.3, -0.25) is 9.78 Å². The fourth-order valence-corrected chi connectivity index (χ4v) is 6.95. The first-order valence-electron chi connectivity index (χ1n) is 14.7. The Hall–Kier alpha value is -3.27. The first kappa shape index (κ1) is 32.1. The van der Waals surface area contributed by atoms with Crippen LogP contribution in [0.3, 0.4) is 0 Å². The van der Waals surface area contributed by atoms with Gasteiger partial charge in [0.1, 0.15) is 0 Å². The minimum atomic E-state index is -1.95. The summed E-state index contributed by atoms with van der Waals surface area (Å²) >= 11 is 0. The number of carbonyl (C=O) groups is 1. The molecule has 0 radical (unpaired) electrons. The quantitative estimate of drug-likeness (QED) is 0.220. The van der Waals surface area contributed by atoms with Gasteiger partial charge in [0.25, 0.3) is 0 Å². The number of carbonyl (C=O) groups excluding carboxylic acids is 1. The molecular weight excluding hydrogens is 610 g/mol. The number of aliphatic hydroxyl groups is 4. The van der Waals surface area contributed by atoms with Gasteiger partial charge < -0.3 is 30.4 Å². The van der Waals surface area contributed by atoms with Crippen LogP contribution in [0.5, 0.6) is 0 Å².